The predicted octanol–water partition coefficient (Wildman–Crippen LogP) is 2.98. The van der Waals surface area contributed by atoms with Gasteiger partial charge in [-0.15, -0.1) is 24.0 Å². The predicted molar refractivity (Wildman–Crippen MR) is 142 cm³/mol. The van der Waals surface area contributed by atoms with E-state index in [1.165, 1.54) is 0 Å². The van der Waals surface area contributed by atoms with Crippen LogP contribution in [-0.2, 0) is 20.0 Å². The quantitative estimate of drug-likeness (QED) is 0.168. The van der Waals surface area contributed by atoms with Gasteiger partial charge in [0.25, 0.3) is 0 Å². The summed E-state index contributed by atoms with van der Waals surface area (Å²) in [6, 6.07) is 11.8. The van der Waals surface area contributed by atoms with Gasteiger partial charge >= 0.3 is 0 Å². The van der Waals surface area contributed by atoms with Crippen molar-refractivity contribution in [3.05, 3.63) is 58.5 Å². The molecule has 9 nitrogen and oxygen atoms in total. The number of para-hydroxylation sites is 1. The van der Waals surface area contributed by atoms with Crippen LogP contribution < -0.4 is 16.4 Å². The van der Waals surface area contributed by atoms with Crippen molar-refractivity contribution < 1.29 is 0 Å². The molecule has 0 amide bonds. The number of aryl methyl sites for hydroxylation is 3. The third-order valence-electron chi connectivity index (χ3n) is 5.39. The second-order valence-corrected chi connectivity index (χ2v) is 7.56. The molecule has 1 aromatic carbocycles. The first-order chi connectivity index (χ1) is 15.5. The molecule has 3 aromatic rings. The van der Waals surface area contributed by atoms with E-state index >= 15 is 0 Å². The summed E-state index contributed by atoms with van der Waals surface area (Å²) in [4.78, 5) is 4.70. The maximum absolute atomic E-state index is 9.56. The smallest absolute Gasteiger partial charge is 0.191 e. The van der Waals surface area contributed by atoms with Crippen LogP contribution in [-0.4, -0.2) is 38.6 Å². The SMILES string of the molecule is CCNC(=NCc1c(C)nn(C)c1C)NCCCc1nn(-c2ccccc2)c(N)c1C#N.I. The Labute approximate surface area is 212 Å². The fraction of sp³-hybridized carbons (Fsp3) is 0.391. The van der Waals surface area contributed by atoms with E-state index in [0.29, 0.717) is 36.6 Å². The zero-order valence-electron chi connectivity index (χ0n) is 19.6. The van der Waals surface area contributed by atoms with Crippen LogP contribution in [0.2, 0.25) is 0 Å². The van der Waals surface area contributed by atoms with Crippen LogP contribution in [0.3, 0.4) is 0 Å². The number of aliphatic imine (C=N–C) groups is 1. The molecule has 2 aromatic heterocycles. The number of hydrogen-bond donors (Lipinski definition) is 3. The van der Waals surface area contributed by atoms with E-state index < -0.39 is 0 Å². The van der Waals surface area contributed by atoms with Crippen molar-refractivity contribution >= 4 is 35.8 Å². The number of halogens is 1. The lowest BCUT2D eigenvalue weighted by Crippen LogP contribution is -2.37. The molecule has 4 N–H and O–H groups in total. The number of anilines is 1. The van der Waals surface area contributed by atoms with Crippen molar-refractivity contribution in [3.8, 4) is 11.8 Å². The van der Waals surface area contributed by atoms with Crippen LogP contribution >= 0.6 is 24.0 Å². The van der Waals surface area contributed by atoms with Gasteiger partial charge in [0, 0.05) is 31.4 Å². The fourth-order valence-corrected chi connectivity index (χ4v) is 3.55. The van der Waals surface area contributed by atoms with Gasteiger partial charge in [-0.05, 0) is 45.7 Å². The average Bonchev–Trinajstić information content (AvgIpc) is 3.24. The zero-order chi connectivity index (χ0) is 23.1. The molecule has 10 heteroatoms. The summed E-state index contributed by atoms with van der Waals surface area (Å²) in [5.41, 5.74) is 11.4. The Bertz CT molecular complexity index is 1120. The lowest BCUT2D eigenvalue weighted by Gasteiger charge is -2.11. The van der Waals surface area contributed by atoms with Crippen molar-refractivity contribution in [2.75, 3.05) is 18.8 Å². The minimum Gasteiger partial charge on any atom is -0.382 e. The molecule has 0 aliphatic rings. The minimum absolute atomic E-state index is 0. The van der Waals surface area contributed by atoms with E-state index in [1.807, 2.05) is 55.9 Å². The molecule has 0 unspecified atom stereocenters. The molecule has 2 heterocycles. The summed E-state index contributed by atoms with van der Waals surface area (Å²) in [6.07, 6.45) is 1.43. The normalized spacial score (nSPS) is 11.1. The number of nitrogen functional groups attached to an aromatic ring is 1. The van der Waals surface area contributed by atoms with Gasteiger partial charge in [0.05, 0.1) is 23.6 Å². The highest BCUT2D eigenvalue weighted by Crippen LogP contribution is 2.21. The molecular weight excluding hydrogens is 529 g/mol. The number of benzene rings is 1. The maximum atomic E-state index is 9.56. The molecule has 176 valence electrons. The van der Waals surface area contributed by atoms with Crippen LogP contribution in [0.5, 0.6) is 0 Å². The van der Waals surface area contributed by atoms with Gasteiger partial charge in [-0.1, -0.05) is 18.2 Å². The zero-order valence-corrected chi connectivity index (χ0v) is 21.9. The highest BCUT2D eigenvalue weighted by Gasteiger charge is 2.16. The van der Waals surface area contributed by atoms with Crippen LogP contribution in [0.15, 0.2) is 35.3 Å². The van der Waals surface area contributed by atoms with Crippen molar-refractivity contribution in [2.24, 2.45) is 12.0 Å². The highest BCUT2D eigenvalue weighted by atomic mass is 127. The topological polar surface area (TPSA) is 122 Å². The number of nitriles is 1. The van der Waals surface area contributed by atoms with Gasteiger partial charge in [0.15, 0.2) is 5.96 Å². The number of aromatic nitrogens is 4. The highest BCUT2D eigenvalue weighted by molar-refractivity contribution is 14.0. The summed E-state index contributed by atoms with van der Waals surface area (Å²) >= 11 is 0. The van der Waals surface area contributed by atoms with E-state index in [1.54, 1.807) is 4.68 Å². The van der Waals surface area contributed by atoms with Gasteiger partial charge in [-0.25, -0.2) is 9.67 Å². The van der Waals surface area contributed by atoms with Crippen molar-refractivity contribution in [1.82, 2.24) is 30.2 Å². The number of nitrogens with zero attached hydrogens (tertiary/aromatic N) is 6. The van der Waals surface area contributed by atoms with E-state index in [-0.39, 0.29) is 24.0 Å². The Morgan fingerprint density at radius 1 is 1.18 bits per heavy atom. The van der Waals surface area contributed by atoms with Crippen LogP contribution in [0.4, 0.5) is 5.82 Å². The van der Waals surface area contributed by atoms with Crippen molar-refractivity contribution in [2.45, 2.75) is 40.2 Å². The first kappa shape index (κ1) is 26.2. The number of nitrogens with two attached hydrogens (primary N) is 1. The summed E-state index contributed by atoms with van der Waals surface area (Å²) in [5.74, 6) is 1.13. The average molecular weight is 561 g/mol. The third-order valence-corrected chi connectivity index (χ3v) is 5.39. The molecule has 3 rings (SSSR count). The van der Waals surface area contributed by atoms with Crippen molar-refractivity contribution in [1.29, 1.82) is 5.26 Å². The van der Waals surface area contributed by atoms with Crippen LogP contribution in [0, 0.1) is 25.2 Å². The molecule has 0 radical (unpaired) electrons. The number of hydrogen-bond acceptors (Lipinski definition) is 5. The van der Waals surface area contributed by atoms with Gasteiger partial charge < -0.3 is 16.4 Å². The Morgan fingerprint density at radius 3 is 2.52 bits per heavy atom. The molecule has 0 saturated heterocycles. The Kier molecular flexibility index (Phi) is 9.72. The summed E-state index contributed by atoms with van der Waals surface area (Å²) in [6.45, 7) is 8.13. The number of rotatable bonds is 8. The van der Waals surface area contributed by atoms with Gasteiger partial charge in [0.1, 0.15) is 17.5 Å². The summed E-state index contributed by atoms with van der Waals surface area (Å²) in [5, 5.41) is 25.2. The molecule has 33 heavy (non-hydrogen) atoms. The molecule has 0 bridgehead atoms. The van der Waals surface area contributed by atoms with Crippen LogP contribution in [0.1, 0.15) is 41.6 Å². The van der Waals surface area contributed by atoms with E-state index in [4.69, 9.17) is 10.7 Å². The number of nitrogens with one attached hydrogen (secondary N) is 2. The molecule has 0 saturated carbocycles. The summed E-state index contributed by atoms with van der Waals surface area (Å²) in [7, 11) is 1.94. The van der Waals surface area contributed by atoms with E-state index in [0.717, 1.165) is 41.6 Å². The molecule has 0 aliphatic heterocycles. The lowest BCUT2D eigenvalue weighted by molar-refractivity contribution is 0.721. The number of guanidine groups is 1. The molecule has 0 aliphatic carbocycles. The second kappa shape index (κ2) is 12.2. The summed E-state index contributed by atoms with van der Waals surface area (Å²) < 4.78 is 3.51. The van der Waals surface area contributed by atoms with Crippen LogP contribution in [0.25, 0.3) is 5.69 Å². The van der Waals surface area contributed by atoms with Crippen molar-refractivity contribution in [3.63, 3.8) is 0 Å². The van der Waals surface area contributed by atoms with E-state index in [9.17, 15) is 5.26 Å². The molecular formula is C23H32IN9. The Balaban J connectivity index is 0.00000385. The van der Waals surface area contributed by atoms with Gasteiger partial charge in [-0.2, -0.15) is 15.5 Å². The minimum atomic E-state index is 0. The molecule has 0 atom stereocenters. The maximum Gasteiger partial charge on any atom is 0.191 e. The van der Waals surface area contributed by atoms with Gasteiger partial charge in [-0.3, -0.25) is 4.68 Å². The monoisotopic (exact) mass is 561 g/mol. The fourth-order valence-electron chi connectivity index (χ4n) is 3.55. The Hall–Kier alpha value is -3.07. The standard InChI is InChI=1S/C23H31N9.HI/c1-5-26-23(28-15-20-16(2)29-31(4)17(20)3)27-13-9-12-21-19(14-24)22(25)32(30-21)18-10-7-6-8-11-18;/h6-8,10-11H,5,9,12-13,15,25H2,1-4H3,(H2,26,27,28);1H. The third kappa shape index (κ3) is 6.25. The molecule has 0 fully saturated rings. The Morgan fingerprint density at radius 2 is 1.91 bits per heavy atom. The lowest BCUT2D eigenvalue weighted by atomic mass is 10.1. The van der Waals surface area contributed by atoms with Gasteiger partial charge in [0.2, 0.25) is 0 Å². The largest absolute Gasteiger partial charge is 0.382 e. The first-order valence-electron chi connectivity index (χ1n) is 10.8. The second-order valence-electron chi connectivity index (χ2n) is 7.56. The first-order valence-corrected chi connectivity index (χ1v) is 10.8. The van der Waals surface area contributed by atoms with E-state index in [2.05, 4.69) is 33.8 Å². The molecule has 0 spiro atoms.